The second kappa shape index (κ2) is 5.38. The minimum Gasteiger partial charge on any atom is -0.450 e. The van der Waals surface area contributed by atoms with Gasteiger partial charge >= 0.3 is 5.69 Å². The number of fused-ring (bicyclic) bond motifs is 2. The first-order chi connectivity index (χ1) is 11.1. The molecule has 6 nitrogen and oxygen atoms in total. The largest absolute Gasteiger partial charge is 0.450 e. The van der Waals surface area contributed by atoms with Crippen LogP contribution in [0.5, 0.6) is 11.5 Å². The van der Waals surface area contributed by atoms with Gasteiger partial charge in [0, 0.05) is 12.1 Å². The lowest BCUT2D eigenvalue weighted by Gasteiger charge is -2.28. The van der Waals surface area contributed by atoms with E-state index in [0.717, 1.165) is 42.7 Å². The van der Waals surface area contributed by atoms with Crippen molar-refractivity contribution in [1.82, 2.24) is 9.55 Å². The lowest BCUT2D eigenvalue weighted by Crippen LogP contribution is -2.33. The second-order valence-corrected chi connectivity index (χ2v) is 6.44. The fraction of sp³-hybridized carbons (Fsp3) is 0.412. The highest BCUT2D eigenvalue weighted by molar-refractivity contribution is 5.72. The first kappa shape index (κ1) is 14.3. The smallest absolute Gasteiger partial charge is 0.350 e. The van der Waals surface area contributed by atoms with Gasteiger partial charge in [0.1, 0.15) is 0 Å². The van der Waals surface area contributed by atoms with Crippen LogP contribution >= 0.6 is 0 Å². The summed E-state index contributed by atoms with van der Waals surface area (Å²) >= 11 is 0. The maximum Gasteiger partial charge on any atom is 0.350 e. The van der Waals surface area contributed by atoms with Crippen molar-refractivity contribution in [3.05, 3.63) is 40.4 Å². The summed E-state index contributed by atoms with van der Waals surface area (Å²) in [6.45, 7) is 2.01. The zero-order valence-electron chi connectivity index (χ0n) is 13.1. The van der Waals surface area contributed by atoms with E-state index < -0.39 is 0 Å². The van der Waals surface area contributed by atoms with Crippen molar-refractivity contribution >= 4 is 11.5 Å². The molecule has 1 saturated carbocycles. The maximum absolute atomic E-state index is 12.4. The molecule has 4 rings (SSSR count). The van der Waals surface area contributed by atoms with Gasteiger partial charge in [0.2, 0.25) is 0 Å². The number of anilines is 2. The van der Waals surface area contributed by atoms with E-state index in [2.05, 4.69) is 10.3 Å². The molecule has 23 heavy (non-hydrogen) atoms. The van der Waals surface area contributed by atoms with Crippen LogP contribution in [0, 0.1) is 6.92 Å². The van der Waals surface area contributed by atoms with Crippen LogP contribution in [-0.4, -0.2) is 15.6 Å². The van der Waals surface area contributed by atoms with Crippen LogP contribution in [0.2, 0.25) is 0 Å². The molecular formula is C17H20N4O2. The van der Waals surface area contributed by atoms with Gasteiger partial charge in [-0.05, 0) is 50.3 Å². The summed E-state index contributed by atoms with van der Waals surface area (Å²) in [5.74, 6) is 1.83. The zero-order valence-corrected chi connectivity index (χ0v) is 13.1. The first-order valence-corrected chi connectivity index (χ1v) is 8.04. The van der Waals surface area contributed by atoms with Crippen LogP contribution in [0.15, 0.2) is 29.2 Å². The number of benzene rings is 1. The Labute approximate surface area is 134 Å². The summed E-state index contributed by atoms with van der Waals surface area (Å²) in [7, 11) is 0. The standard InChI is InChI=1S/C17H20N4O2/c1-10-2-7-14-13(8-10)19-16-15(23-14)9-21(17(22)20-16)12-5-3-11(18)4-6-12/h2,7-9,11-12H,3-6,18H2,1H3,(H,19,20,22). The fourth-order valence-corrected chi connectivity index (χ4v) is 3.33. The van der Waals surface area contributed by atoms with E-state index in [1.54, 1.807) is 10.8 Å². The van der Waals surface area contributed by atoms with Gasteiger partial charge in [-0.15, -0.1) is 0 Å². The van der Waals surface area contributed by atoms with Crippen molar-refractivity contribution in [1.29, 1.82) is 0 Å². The highest BCUT2D eigenvalue weighted by atomic mass is 16.5. The van der Waals surface area contributed by atoms with Crippen molar-refractivity contribution in [2.45, 2.75) is 44.7 Å². The third-order valence-electron chi connectivity index (χ3n) is 4.66. The molecule has 2 aromatic rings. The third kappa shape index (κ3) is 2.59. The molecule has 6 heteroatoms. The molecule has 2 aliphatic rings. The number of aryl methyl sites for hydroxylation is 1. The molecule has 120 valence electrons. The van der Waals surface area contributed by atoms with E-state index in [-0.39, 0.29) is 17.8 Å². The molecule has 1 aromatic carbocycles. The van der Waals surface area contributed by atoms with Crippen LogP contribution in [0.4, 0.5) is 11.5 Å². The predicted molar refractivity (Wildman–Crippen MR) is 88.5 cm³/mol. The van der Waals surface area contributed by atoms with Gasteiger partial charge in [-0.25, -0.2) is 4.79 Å². The average molecular weight is 312 g/mol. The SMILES string of the molecule is Cc1ccc2c(c1)Nc1nc(=O)n(C3CCC(N)CC3)cc1O2. The number of hydrogen-bond acceptors (Lipinski definition) is 5. The van der Waals surface area contributed by atoms with Crippen molar-refractivity contribution in [3.8, 4) is 11.5 Å². The van der Waals surface area contributed by atoms with Crippen molar-refractivity contribution in [2.75, 3.05) is 5.32 Å². The van der Waals surface area contributed by atoms with Crippen LogP contribution in [0.1, 0.15) is 37.3 Å². The minimum absolute atomic E-state index is 0.156. The van der Waals surface area contributed by atoms with Gasteiger partial charge in [0.15, 0.2) is 17.3 Å². The van der Waals surface area contributed by atoms with Crippen LogP contribution in [0.25, 0.3) is 0 Å². The molecule has 1 aliphatic heterocycles. The van der Waals surface area contributed by atoms with E-state index in [9.17, 15) is 4.79 Å². The lowest BCUT2D eigenvalue weighted by atomic mass is 9.91. The van der Waals surface area contributed by atoms with E-state index in [4.69, 9.17) is 10.5 Å². The quantitative estimate of drug-likeness (QED) is 0.722. The number of nitrogens with one attached hydrogen (secondary N) is 1. The molecule has 0 amide bonds. The van der Waals surface area contributed by atoms with Crippen LogP contribution in [0.3, 0.4) is 0 Å². The van der Waals surface area contributed by atoms with E-state index >= 15 is 0 Å². The van der Waals surface area contributed by atoms with Crippen molar-refractivity contribution < 1.29 is 4.74 Å². The van der Waals surface area contributed by atoms with Crippen LogP contribution < -0.4 is 21.5 Å². The summed E-state index contributed by atoms with van der Waals surface area (Å²) in [6, 6.07) is 6.31. The molecular weight excluding hydrogens is 292 g/mol. The van der Waals surface area contributed by atoms with Gasteiger partial charge < -0.3 is 15.8 Å². The van der Waals surface area contributed by atoms with Gasteiger partial charge in [-0.3, -0.25) is 4.57 Å². The Morgan fingerprint density at radius 1 is 1.26 bits per heavy atom. The summed E-state index contributed by atoms with van der Waals surface area (Å²) in [4.78, 5) is 16.6. The van der Waals surface area contributed by atoms with E-state index in [1.165, 1.54) is 0 Å². The van der Waals surface area contributed by atoms with Crippen LogP contribution in [-0.2, 0) is 0 Å². The average Bonchev–Trinajstić information content (AvgIpc) is 2.53. The molecule has 3 N–H and O–H groups in total. The normalized spacial score (nSPS) is 22.5. The zero-order chi connectivity index (χ0) is 16.0. The van der Waals surface area contributed by atoms with E-state index in [1.807, 2.05) is 25.1 Å². The van der Waals surface area contributed by atoms with Crippen molar-refractivity contribution in [3.63, 3.8) is 0 Å². The fourth-order valence-electron chi connectivity index (χ4n) is 3.33. The topological polar surface area (TPSA) is 82.2 Å². The monoisotopic (exact) mass is 312 g/mol. The molecule has 0 unspecified atom stereocenters. The Hall–Kier alpha value is -2.34. The number of nitrogens with two attached hydrogens (primary N) is 1. The Morgan fingerprint density at radius 2 is 2.04 bits per heavy atom. The number of hydrogen-bond donors (Lipinski definition) is 2. The van der Waals surface area contributed by atoms with Gasteiger partial charge in [-0.2, -0.15) is 4.98 Å². The Kier molecular flexibility index (Phi) is 3.34. The number of aromatic nitrogens is 2. The Balaban J connectivity index is 1.68. The van der Waals surface area contributed by atoms with Crippen molar-refractivity contribution in [2.24, 2.45) is 5.73 Å². The van der Waals surface area contributed by atoms with E-state index in [0.29, 0.717) is 11.6 Å². The summed E-state index contributed by atoms with van der Waals surface area (Å²) in [5, 5.41) is 3.19. The molecule has 1 aromatic heterocycles. The molecule has 2 heterocycles. The number of ether oxygens (including phenoxy) is 1. The second-order valence-electron chi connectivity index (χ2n) is 6.44. The van der Waals surface area contributed by atoms with Gasteiger partial charge in [0.05, 0.1) is 11.9 Å². The molecule has 1 aliphatic carbocycles. The molecule has 0 spiro atoms. The van der Waals surface area contributed by atoms with Gasteiger partial charge in [0.25, 0.3) is 0 Å². The molecule has 0 saturated heterocycles. The summed E-state index contributed by atoms with van der Waals surface area (Å²) < 4.78 is 7.63. The molecule has 0 radical (unpaired) electrons. The first-order valence-electron chi connectivity index (χ1n) is 8.04. The maximum atomic E-state index is 12.4. The summed E-state index contributed by atoms with van der Waals surface area (Å²) in [6.07, 6.45) is 5.47. The number of rotatable bonds is 1. The Bertz CT molecular complexity index is 807. The highest BCUT2D eigenvalue weighted by Crippen LogP contribution is 2.41. The molecule has 0 atom stereocenters. The highest BCUT2D eigenvalue weighted by Gasteiger charge is 2.24. The summed E-state index contributed by atoms with van der Waals surface area (Å²) in [5.41, 5.74) is 7.67. The lowest BCUT2D eigenvalue weighted by molar-refractivity contribution is 0.312. The third-order valence-corrected chi connectivity index (χ3v) is 4.66. The Morgan fingerprint density at radius 3 is 2.83 bits per heavy atom. The number of nitrogens with zero attached hydrogens (tertiary/aromatic N) is 2. The predicted octanol–water partition coefficient (Wildman–Crippen LogP) is 2.84. The molecule has 0 bridgehead atoms. The molecule has 1 fully saturated rings. The minimum atomic E-state index is -0.239. The van der Waals surface area contributed by atoms with Gasteiger partial charge in [-0.1, -0.05) is 6.07 Å².